The van der Waals surface area contributed by atoms with E-state index in [1.807, 2.05) is 11.9 Å². The summed E-state index contributed by atoms with van der Waals surface area (Å²) in [7, 11) is 2.00. The second kappa shape index (κ2) is 12.6. The number of rotatable bonds is 8. The van der Waals surface area contributed by atoms with E-state index < -0.39 is 0 Å². The quantitative estimate of drug-likeness (QED) is 0.336. The summed E-state index contributed by atoms with van der Waals surface area (Å²) < 4.78 is 0. The molecule has 38 heavy (non-hydrogen) atoms. The minimum atomic E-state index is 0.183. The summed E-state index contributed by atoms with van der Waals surface area (Å²) >= 11 is 0. The molecular formula is C34H43N3O. The molecule has 200 valence electrons. The Morgan fingerprint density at radius 1 is 0.842 bits per heavy atom. The minimum absolute atomic E-state index is 0.183. The fourth-order valence-corrected chi connectivity index (χ4v) is 6.30. The first-order chi connectivity index (χ1) is 18.6. The lowest BCUT2D eigenvalue weighted by molar-refractivity contribution is 0.0695. The van der Waals surface area contributed by atoms with Gasteiger partial charge in [0, 0.05) is 56.4 Å². The molecule has 5 rings (SSSR count). The van der Waals surface area contributed by atoms with Crippen molar-refractivity contribution >= 4 is 11.6 Å². The molecule has 0 spiro atoms. The minimum Gasteiger partial charge on any atom is -0.369 e. The second-order valence-corrected chi connectivity index (χ2v) is 11.2. The second-order valence-electron chi connectivity index (χ2n) is 11.2. The highest BCUT2D eigenvalue weighted by Crippen LogP contribution is 2.29. The van der Waals surface area contributed by atoms with E-state index >= 15 is 0 Å². The first-order valence-electron chi connectivity index (χ1n) is 14.5. The zero-order chi connectivity index (χ0) is 26.3. The Morgan fingerprint density at radius 2 is 1.45 bits per heavy atom. The number of piperazine rings is 1. The Balaban J connectivity index is 1.20. The summed E-state index contributed by atoms with van der Waals surface area (Å²) in [6, 6.07) is 28.7. The van der Waals surface area contributed by atoms with Crippen LogP contribution in [0.15, 0.2) is 78.9 Å². The van der Waals surface area contributed by atoms with Gasteiger partial charge in [-0.2, -0.15) is 0 Å². The van der Waals surface area contributed by atoms with Crippen LogP contribution in [0.3, 0.4) is 0 Å². The van der Waals surface area contributed by atoms with Crippen molar-refractivity contribution in [3.63, 3.8) is 0 Å². The van der Waals surface area contributed by atoms with Gasteiger partial charge in [0.15, 0.2) is 0 Å². The van der Waals surface area contributed by atoms with Crippen LogP contribution in [0.25, 0.3) is 0 Å². The number of carbonyl (C=O) groups is 1. The third kappa shape index (κ3) is 6.30. The largest absolute Gasteiger partial charge is 0.369 e. The van der Waals surface area contributed by atoms with Crippen molar-refractivity contribution in [3.05, 3.63) is 101 Å². The summed E-state index contributed by atoms with van der Waals surface area (Å²) in [4.78, 5) is 20.5. The zero-order valence-electron chi connectivity index (χ0n) is 23.2. The highest BCUT2D eigenvalue weighted by Gasteiger charge is 2.25. The summed E-state index contributed by atoms with van der Waals surface area (Å²) in [5, 5.41) is 0. The number of carbonyl (C=O) groups excluding carboxylic acids is 1. The number of amides is 1. The average molecular weight is 510 g/mol. The first-order valence-corrected chi connectivity index (χ1v) is 14.5. The molecule has 0 aromatic heterocycles. The molecule has 0 atom stereocenters. The number of benzene rings is 3. The van der Waals surface area contributed by atoms with Gasteiger partial charge in [-0.05, 0) is 61.6 Å². The van der Waals surface area contributed by atoms with Gasteiger partial charge in [-0.25, -0.2) is 0 Å². The molecule has 3 aromatic rings. The third-order valence-corrected chi connectivity index (χ3v) is 8.77. The monoisotopic (exact) mass is 509 g/mol. The molecule has 3 aromatic carbocycles. The van der Waals surface area contributed by atoms with Crippen LogP contribution >= 0.6 is 0 Å². The SMILES string of the molecule is Cc1ccc(N2CCN(CCC(c3ccccc3)c3ccccc3)CC2)cc1C(=O)N(C)C1CCCCC1. The van der Waals surface area contributed by atoms with Crippen LogP contribution in [0.2, 0.25) is 0 Å². The van der Waals surface area contributed by atoms with E-state index in [2.05, 4.69) is 95.6 Å². The summed E-state index contributed by atoms with van der Waals surface area (Å²) in [5.74, 6) is 0.602. The molecule has 1 saturated heterocycles. The van der Waals surface area contributed by atoms with E-state index in [0.29, 0.717) is 12.0 Å². The van der Waals surface area contributed by atoms with Gasteiger partial charge in [-0.1, -0.05) is 86.0 Å². The maximum atomic E-state index is 13.4. The molecular weight excluding hydrogens is 466 g/mol. The number of nitrogens with zero attached hydrogens (tertiary/aromatic N) is 3. The molecule has 2 aliphatic rings. The Labute approximate surface area is 229 Å². The van der Waals surface area contributed by atoms with Crippen LogP contribution in [0.4, 0.5) is 5.69 Å². The van der Waals surface area contributed by atoms with Gasteiger partial charge in [0.25, 0.3) is 5.91 Å². The third-order valence-electron chi connectivity index (χ3n) is 8.77. The molecule has 1 aliphatic heterocycles. The van der Waals surface area contributed by atoms with Crippen molar-refractivity contribution in [2.45, 2.75) is 57.4 Å². The molecule has 0 radical (unpaired) electrons. The molecule has 4 heteroatoms. The van der Waals surface area contributed by atoms with E-state index in [1.165, 1.54) is 36.1 Å². The standard InChI is InChI=1S/C34H43N3O/c1-27-18-19-31(26-33(27)34(38)35(2)30-16-10-5-11-17-30)37-24-22-36(23-25-37)21-20-32(28-12-6-3-7-13-28)29-14-8-4-9-15-29/h3-4,6-9,12-15,18-19,26,30,32H,5,10-11,16-17,20-25H2,1-2H3. The van der Waals surface area contributed by atoms with E-state index in [0.717, 1.165) is 63.1 Å². The summed E-state index contributed by atoms with van der Waals surface area (Å²) in [6.45, 7) is 7.25. The lowest BCUT2D eigenvalue weighted by atomic mass is 9.88. The molecule has 4 nitrogen and oxygen atoms in total. The van der Waals surface area contributed by atoms with Gasteiger partial charge in [0.1, 0.15) is 0 Å². The van der Waals surface area contributed by atoms with Crippen LogP contribution in [0, 0.1) is 6.92 Å². The van der Waals surface area contributed by atoms with E-state index in [9.17, 15) is 4.79 Å². The zero-order valence-corrected chi connectivity index (χ0v) is 23.2. The van der Waals surface area contributed by atoms with Crippen LogP contribution in [0.5, 0.6) is 0 Å². The number of aryl methyl sites for hydroxylation is 1. The van der Waals surface area contributed by atoms with Crippen LogP contribution < -0.4 is 4.90 Å². The van der Waals surface area contributed by atoms with Gasteiger partial charge >= 0.3 is 0 Å². The van der Waals surface area contributed by atoms with Crippen molar-refractivity contribution in [1.82, 2.24) is 9.80 Å². The van der Waals surface area contributed by atoms with Crippen molar-refractivity contribution in [2.75, 3.05) is 44.7 Å². The highest BCUT2D eigenvalue weighted by molar-refractivity contribution is 5.96. The molecule has 1 saturated carbocycles. The normalized spacial score (nSPS) is 17.1. The van der Waals surface area contributed by atoms with E-state index in [-0.39, 0.29) is 5.91 Å². The summed E-state index contributed by atoms with van der Waals surface area (Å²) in [5.41, 5.74) is 5.92. The molecule has 0 bridgehead atoms. The van der Waals surface area contributed by atoms with E-state index in [1.54, 1.807) is 0 Å². The number of hydrogen-bond acceptors (Lipinski definition) is 3. The molecule has 1 heterocycles. The maximum absolute atomic E-state index is 13.4. The van der Waals surface area contributed by atoms with Gasteiger partial charge in [0.2, 0.25) is 0 Å². The Kier molecular flexibility index (Phi) is 8.80. The fourth-order valence-electron chi connectivity index (χ4n) is 6.30. The molecule has 0 N–H and O–H groups in total. The Morgan fingerprint density at radius 3 is 2.05 bits per heavy atom. The number of hydrogen-bond donors (Lipinski definition) is 0. The van der Waals surface area contributed by atoms with Crippen molar-refractivity contribution in [1.29, 1.82) is 0 Å². The van der Waals surface area contributed by atoms with Crippen molar-refractivity contribution < 1.29 is 4.79 Å². The topological polar surface area (TPSA) is 26.8 Å². The molecule has 1 aliphatic carbocycles. The predicted molar refractivity (Wildman–Crippen MR) is 158 cm³/mol. The molecule has 1 amide bonds. The van der Waals surface area contributed by atoms with Crippen LogP contribution in [-0.4, -0.2) is 61.5 Å². The maximum Gasteiger partial charge on any atom is 0.254 e. The smallest absolute Gasteiger partial charge is 0.254 e. The summed E-state index contributed by atoms with van der Waals surface area (Å²) in [6.07, 6.45) is 7.17. The van der Waals surface area contributed by atoms with Crippen LogP contribution in [0.1, 0.15) is 71.5 Å². The Bertz CT molecular complexity index is 1130. The molecule has 0 unspecified atom stereocenters. The lowest BCUT2D eigenvalue weighted by Crippen LogP contribution is -2.47. The predicted octanol–water partition coefficient (Wildman–Crippen LogP) is 6.74. The van der Waals surface area contributed by atoms with Crippen molar-refractivity contribution in [2.24, 2.45) is 0 Å². The van der Waals surface area contributed by atoms with Crippen LogP contribution in [-0.2, 0) is 0 Å². The average Bonchev–Trinajstić information content (AvgIpc) is 2.99. The Hall–Kier alpha value is -3.11. The molecule has 2 fully saturated rings. The highest BCUT2D eigenvalue weighted by atomic mass is 16.2. The van der Waals surface area contributed by atoms with Gasteiger partial charge in [-0.15, -0.1) is 0 Å². The lowest BCUT2D eigenvalue weighted by Gasteiger charge is -2.37. The van der Waals surface area contributed by atoms with E-state index in [4.69, 9.17) is 0 Å². The van der Waals surface area contributed by atoms with Gasteiger partial charge in [0.05, 0.1) is 0 Å². The number of anilines is 1. The van der Waals surface area contributed by atoms with Gasteiger partial charge < -0.3 is 9.80 Å². The first kappa shape index (κ1) is 26.5. The fraction of sp³-hybridized carbons (Fsp3) is 0.441. The van der Waals surface area contributed by atoms with Gasteiger partial charge in [-0.3, -0.25) is 9.69 Å². The van der Waals surface area contributed by atoms with Crippen molar-refractivity contribution in [3.8, 4) is 0 Å².